The van der Waals surface area contributed by atoms with Gasteiger partial charge in [0.15, 0.2) is 0 Å². The van der Waals surface area contributed by atoms with E-state index >= 15 is 0 Å². The Labute approximate surface area is 153 Å². The first-order chi connectivity index (χ1) is 12.2. The van der Waals surface area contributed by atoms with Gasteiger partial charge in [-0.2, -0.15) is 0 Å². The largest absolute Gasteiger partial charge is 0.207 e. The summed E-state index contributed by atoms with van der Waals surface area (Å²) in [5.74, 6) is 3.24. The molecule has 0 aromatic heterocycles. The van der Waals surface area contributed by atoms with Crippen LogP contribution in [0.1, 0.15) is 74.8 Å². The monoisotopic (exact) mass is 340 g/mol. The summed E-state index contributed by atoms with van der Waals surface area (Å²) < 4.78 is 14.2. The maximum atomic E-state index is 14.2. The zero-order valence-electron chi connectivity index (χ0n) is 15.6. The van der Waals surface area contributed by atoms with E-state index in [-0.39, 0.29) is 5.82 Å². The molecule has 136 valence electrons. The second-order valence-corrected chi connectivity index (χ2v) is 8.26. The normalized spacial score (nSPS) is 30.0. The van der Waals surface area contributed by atoms with Crippen molar-refractivity contribution < 1.29 is 4.39 Å². The molecule has 2 fully saturated rings. The molecule has 0 unspecified atom stereocenters. The quantitative estimate of drug-likeness (QED) is 0.480. The molecule has 0 aliphatic heterocycles. The van der Waals surface area contributed by atoms with Gasteiger partial charge in [-0.05, 0) is 105 Å². The van der Waals surface area contributed by atoms with E-state index in [1.54, 1.807) is 12.1 Å². The van der Waals surface area contributed by atoms with E-state index in [1.807, 2.05) is 6.07 Å². The first-order valence-electron chi connectivity index (χ1n) is 10.2. The van der Waals surface area contributed by atoms with Gasteiger partial charge < -0.3 is 0 Å². The van der Waals surface area contributed by atoms with Crippen LogP contribution in [-0.4, -0.2) is 0 Å². The molecule has 0 nitrogen and oxygen atoms in total. The minimum Gasteiger partial charge on any atom is -0.207 e. The van der Waals surface area contributed by atoms with E-state index in [1.165, 1.54) is 63.4 Å². The van der Waals surface area contributed by atoms with Gasteiger partial charge in [0, 0.05) is 0 Å². The highest BCUT2D eigenvalue weighted by Gasteiger charge is 2.31. The Hall–Kier alpha value is -1.37. The van der Waals surface area contributed by atoms with Gasteiger partial charge in [0.2, 0.25) is 0 Å². The topological polar surface area (TPSA) is 0 Å². The predicted octanol–water partition coefficient (Wildman–Crippen LogP) is 7.21. The molecule has 0 amide bonds. The van der Waals surface area contributed by atoms with Crippen LogP contribution >= 0.6 is 0 Å². The average Bonchev–Trinajstić information content (AvgIpc) is 2.65. The van der Waals surface area contributed by atoms with Crippen LogP contribution in [0.25, 0.3) is 0 Å². The zero-order chi connectivity index (χ0) is 17.6. The number of halogens is 1. The Morgan fingerprint density at radius 1 is 0.880 bits per heavy atom. The van der Waals surface area contributed by atoms with E-state index in [0.717, 1.165) is 23.3 Å². The van der Waals surface area contributed by atoms with Gasteiger partial charge in [0.05, 0.1) is 0 Å². The summed E-state index contributed by atoms with van der Waals surface area (Å²) in [6.07, 6.45) is 16.4. The third-order valence-electron chi connectivity index (χ3n) is 6.74. The van der Waals surface area contributed by atoms with Gasteiger partial charge in [-0.25, -0.2) is 4.39 Å². The zero-order valence-corrected chi connectivity index (χ0v) is 15.6. The molecular formula is C24H33F. The molecule has 0 bridgehead atoms. The van der Waals surface area contributed by atoms with E-state index in [0.29, 0.717) is 12.3 Å². The van der Waals surface area contributed by atoms with Crippen molar-refractivity contribution in [1.29, 1.82) is 0 Å². The highest BCUT2D eigenvalue weighted by atomic mass is 19.1. The van der Waals surface area contributed by atoms with Gasteiger partial charge in [0.25, 0.3) is 0 Å². The summed E-state index contributed by atoms with van der Waals surface area (Å²) in [5, 5.41) is 0. The van der Waals surface area contributed by atoms with Gasteiger partial charge in [0.1, 0.15) is 5.82 Å². The Kier molecular flexibility index (Phi) is 6.51. The summed E-state index contributed by atoms with van der Waals surface area (Å²) in [4.78, 5) is 0. The van der Waals surface area contributed by atoms with Crippen LogP contribution in [0.15, 0.2) is 43.5 Å². The van der Waals surface area contributed by atoms with Crippen LogP contribution in [-0.2, 0) is 6.42 Å². The number of benzene rings is 1. The molecular weight excluding hydrogens is 307 g/mol. The predicted molar refractivity (Wildman–Crippen MR) is 105 cm³/mol. The summed E-state index contributed by atoms with van der Waals surface area (Å²) in [6, 6.07) is 5.89. The van der Waals surface area contributed by atoms with Crippen molar-refractivity contribution in [3.8, 4) is 0 Å². The molecule has 0 spiro atoms. The lowest BCUT2D eigenvalue weighted by molar-refractivity contribution is 0.160. The van der Waals surface area contributed by atoms with Crippen LogP contribution in [0.5, 0.6) is 0 Å². The number of hydrogen-bond donors (Lipinski definition) is 0. The molecule has 2 aliphatic carbocycles. The number of allylic oxidation sites excluding steroid dienone is 2. The van der Waals surface area contributed by atoms with Crippen LogP contribution in [0.3, 0.4) is 0 Å². The fourth-order valence-corrected chi connectivity index (χ4v) is 5.19. The molecule has 0 atom stereocenters. The Bertz CT molecular complexity index is 572. The van der Waals surface area contributed by atoms with Crippen LogP contribution in [0.4, 0.5) is 4.39 Å². The number of rotatable bonds is 6. The lowest BCUT2D eigenvalue weighted by Gasteiger charge is -2.38. The second kappa shape index (κ2) is 8.83. The third kappa shape index (κ3) is 4.63. The fraction of sp³-hybridized carbons (Fsp3) is 0.583. The van der Waals surface area contributed by atoms with Crippen molar-refractivity contribution in [2.45, 2.75) is 70.1 Å². The Morgan fingerprint density at radius 2 is 1.52 bits per heavy atom. The maximum absolute atomic E-state index is 14.2. The van der Waals surface area contributed by atoms with Crippen LogP contribution in [0, 0.1) is 23.6 Å². The second-order valence-electron chi connectivity index (χ2n) is 8.26. The van der Waals surface area contributed by atoms with Crippen molar-refractivity contribution in [2.24, 2.45) is 17.8 Å². The van der Waals surface area contributed by atoms with Crippen LogP contribution < -0.4 is 0 Å². The maximum Gasteiger partial charge on any atom is 0.126 e. The molecule has 25 heavy (non-hydrogen) atoms. The average molecular weight is 341 g/mol. The Balaban J connectivity index is 1.51. The molecule has 0 saturated heterocycles. The van der Waals surface area contributed by atoms with Crippen molar-refractivity contribution in [2.75, 3.05) is 0 Å². The standard InChI is InChI=1S/C24H33F/c1-3-5-18-7-9-19(10-8-18)20-11-13-21(14-12-20)23-16-15-22(6-4-2)24(25)17-23/h3-4,15-21H,1-2,5-14H2/t18-,19-,20?,21?. The smallest absolute Gasteiger partial charge is 0.126 e. The molecule has 1 aromatic carbocycles. The lowest BCUT2D eigenvalue weighted by atomic mass is 9.68. The van der Waals surface area contributed by atoms with Crippen molar-refractivity contribution >= 4 is 0 Å². The van der Waals surface area contributed by atoms with Crippen LogP contribution in [0.2, 0.25) is 0 Å². The Morgan fingerprint density at radius 3 is 2.08 bits per heavy atom. The summed E-state index contributed by atoms with van der Waals surface area (Å²) in [6.45, 7) is 7.60. The van der Waals surface area contributed by atoms with Crippen molar-refractivity contribution in [3.05, 3.63) is 60.5 Å². The van der Waals surface area contributed by atoms with E-state index < -0.39 is 0 Å². The first-order valence-corrected chi connectivity index (χ1v) is 10.2. The van der Waals surface area contributed by atoms with E-state index in [2.05, 4.69) is 25.3 Å². The molecule has 1 aromatic rings. The van der Waals surface area contributed by atoms with Gasteiger partial charge in [-0.1, -0.05) is 24.3 Å². The fourth-order valence-electron chi connectivity index (χ4n) is 5.19. The SMILES string of the molecule is C=CCc1ccc(C2CCC([C@H]3CC[C@H](CC=C)CC3)CC2)cc1F. The number of hydrogen-bond acceptors (Lipinski definition) is 0. The first kappa shape index (κ1) is 18.4. The summed E-state index contributed by atoms with van der Waals surface area (Å²) in [5.41, 5.74) is 1.97. The summed E-state index contributed by atoms with van der Waals surface area (Å²) in [7, 11) is 0. The van der Waals surface area contributed by atoms with Crippen molar-refractivity contribution in [3.63, 3.8) is 0 Å². The van der Waals surface area contributed by atoms with Crippen molar-refractivity contribution in [1.82, 2.24) is 0 Å². The van der Waals surface area contributed by atoms with E-state index in [4.69, 9.17) is 0 Å². The highest BCUT2D eigenvalue weighted by molar-refractivity contribution is 5.28. The van der Waals surface area contributed by atoms with Gasteiger partial charge >= 0.3 is 0 Å². The minimum absolute atomic E-state index is 0.0555. The molecule has 0 heterocycles. The molecule has 1 heteroatoms. The molecule has 0 radical (unpaired) electrons. The molecule has 0 N–H and O–H groups in total. The highest BCUT2D eigenvalue weighted by Crippen LogP contribution is 2.44. The lowest BCUT2D eigenvalue weighted by Crippen LogP contribution is -2.25. The third-order valence-corrected chi connectivity index (χ3v) is 6.74. The summed E-state index contributed by atoms with van der Waals surface area (Å²) >= 11 is 0. The molecule has 3 rings (SSSR count). The molecule has 2 aliphatic rings. The van der Waals surface area contributed by atoms with Gasteiger partial charge in [-0.3, -0.25) is 0 Å². The minimum atomic E-state index is -0.0555. The van der Waals surface area contributed by atoms with Gasteiger partial charge in [-0.15, -0.1) is 13.2 Å². The molecule has 2 saturated carbocycles. The van der Waals surface area contributed by atoms with E-state index in [9.17, 15) is 4.39 Å².